The molecule has 2 N–H and O–H groups in total. The monoisotopic (exact) mass is 340 g/mol. The first-order chi connectivity index (χ1) is 9.13. The van der Waals surface area contributed by atoms with Crippen LogP contribution in [0.3, 0.4) is 0 Å². The lowest BCUT2D eigenvalue weighted by atomic mass is 9.83. The maximum Gasteiger partial charge on any atom is 0.499 e. The molecule has 0 aliphatic rings. The van der Waals surface area contributed by atoms with E-state index in [1.807, 2.05) is 12.1 Å². The molecule has 5 heteroatoms. The number of fused-ring (bicyclic) bond motifs is 1. The van der Waals surface area contributed by atoms with Crippen LogP contribution in [-0.4, -0.2) is 17.2 Å². The minimum Gasteiger partial charge on any atom is -0.423 e. The Bertz CT molecular complexity index is 554. The van der Waals surface area contributed by atoms with Gasteiger partial charge in [-0.25, -0.2) is 0 Å². The summed E-state index contributed by atoms with van der Waals surface area (Å²) in [5.41, 5.74) is 1.10. The minimum absolute atomic E-state index is 0.699. The summed E-state index contributed by atoms with van der Waals surface area (Å²) in [5.74, 6) is 0. The van der Waals surface area contributed by atoms with Crippen LogP contribution in [0.4, 0.5) is 0 Å². The van der Waals surface area contributed by atoms with E-state index in [1.54, 1.807) is 0 Å². The van der Waals surface area contributed by atoms with Crippen molar-refractivity contribution in [3.63, 3.8) is 0 Å². The highest BCUT2D eigenvalue weighted by atomic mass is 79.9. The molecule has 1 aromatic heterocycles. The van der Waals surface area contributed by atoms with Crippen molar-refractivity contribution >= 4 is 49.2 Å². The predicted octanol–water partition coefficient (Wildman–Crippen LogP) is 3.47. The van der Waals surface area contributed by atoms with Gasteiger partial charge in [-0.1, -0.05) is 42.1 Å². The van der Waals surface area contributed by atoms with E-state index in [0.717, 1.165) is 33.0 Å². The molecule has 0 unspecified atom stereocenters. The van der Waals surface area contributed by atoms with Gasteiger partial charge in [-0.3, -0.25) is 0 Å². The summed E-state index contributed by atoms with van der Waals surface area (Å²) < 4.78 is 2.85. The highest BCUT2D eigenvalue weighted by molar-refractivity contribution is 9.10. The smallest absolute Gasteiger partial charge is 0.423 e. The Morgan fingerprint density at radius 1 is 1.21 bits per heavy atom. The maximum atomic E-state index is 9.53. The zero-order chi connectivity index (χ0) is 13.8. The topological polar surface area (TPSA) is 40.5 Å². The molecule has 2 rings (SSSR count). The summed E-state index contributed by atoms with van der Waals surface area (Å²) in [4.78, 5) is 0. The van der Waals surface area contributed by atoms with Crippen molar-refractivity contribution in [1.82, 2.24) is 0 Å². The summed E-state index contributed by atoms with van der Waals surface area (Å²) in [6.45, 7) is 2.19. The fourth-order valence-electron chi connectivity index (χ4n) is 2.33. The van der Waals surface area contributed by atoms with Crippen LogP contribution in [0.25, 0.3) is 10.1 Å². The van der Waals surface area contributed by atoms with E-state index >= 15 is 0 Å². The molecule has 0 amide bonds. The zero-order valence-electron chi connectivity index (χ0n) is 11.0. The van der Waals surface area contributed by atoms with Crippen LogP contribution in [0.5, 0.6) is 0 Å². The number of rotatable bonds is 6. The second kappa shape index (κ2) is 6.89. The third-order valence-corrected chi connectivity index (χ3v) is 5.05. The quantitative estimate of drug-likeness (QED) is 0.624. The van der Waals surface area contributed by atoms with Crippen molar-refractivity contribution in [3.8, 4) is 0 Å². The van der Waals surface area contributed by atoms with Crippen molar-refractivity contribution in [2.45, 2.75) is 39.0 Å². The molecule has 0 spiro atoms. The van der Waals surface area contributed by atoms with Crippen molar-refractivity contribution in [2.24, 2.45) is 0 Å². The highest BCUT2D eigenvalue weighted by Gasteiger charge is 2.21. The van der Waals surface area contributed by atoms with Crippen LogP contribution in [0.15, 0.2) is 22.7 Å². The Balaban J connectivity index is 2.31. The Morgan fingerprint density at radius 3 is 2.68 bits per heavy atom. The van der Waals surface area contributed by atoms with E-state index in [4.69, 9.17) is 0 Å². The van der Waals surface area contributed by atoms with Gasteiger partial charge in [0, 0.05) is 13.9 Å². The lowest BCUT2D eigenvalue weighted by Crippen LogP contribution is -2.29. The molecule has 0 atom stereocenters. The molecule has 0 aliphatic heterocycles. The molecule has 0 bridgehead atoms. The van der Waals surface area contributed by atoms with Gasteiger partial charge >= 0.3 is 7.12 Å². The number of thiophene rings is 1. The van der Waals surface area contributed by atoms with Crippen LogP contribution < -0.4 is 4.78 Å². The minimum atomic E-state index is -1.36. The second-order valence-corrected chi connectivity index (χ2v) is 6.77. The molecule has 0 fully saturated rings. The SMILES string of the molecule is CCCCCCc1c(B(O)O)sc2ccc(Br)cc12. The Hall–Kier alpha value is -0.355. The molecule has 1 heterocycles. The number of benzene rings is 1. The molecule has 0 saturated heterocycles. The number of aryl methyl sites for hydroxylation is 1. The summed E-state index contributed by atoms with van der Waals surface area (Å²) in [6, 6.07) is 6.10. The molecular weight excluding hydrogens is 323 g/mol. The van der Waals surface area contributed by atoms with Gasteiger partial charge < -0.3 is 10.0 Å². The van der Waals surface area contributed by atoms with Crippen molar-refractivity contribution in [2.75, 3.05) is 0 Å². The molecule has 19 heavy (non-hydrogen) atoms. The van der Waals surface area contributed by atoms with Crippen LogP contribution in [0, 0.1) is 0 Å². The Labute approximate surface area is 126 Å². The third-order valence-electron chi connectivity index (χ3n) is 3.30. The summed E-state index contributed by atoms with van der Waals surface area (Å²) in [7, 11) is -1.36. The lowest BCUT2D eigenvalue weighted by Gasteiger charge is -2.04. The Morgan fingerprint density at radius 2 is 2.00 bits per heavy atom. The molecule has 2 nitrogen and oxygen atoms in total. The fraction of sp³-hybridized carbons (Fsp3) is 0.429. The molecule has 2 aromatic rings. The van der Waals surface area contributed by atoms with Crippen LogP contribution >= 0.6 is 27.3 Å². The van der Waals surface area contributed by atoms with Gasteiger partial charge in [0.1, 0.15) is 0 Å². The molecule has 0 saturated carbocycles. The van der Waals surface area contributed by atoms with Crippen LogP contribution in [0.1, 0.15) is 38.2 Å². The summed E-state index contributed by atoms with van der Waals surface area (Å²) in [5, 5.41) is 20.2. The van der Waals surface area contributed by atoms with E-state index < -0.39 is 7.12 Å². The van der Waals surface area contributed by atoms with Crippen LogP contribution in [-0.2, 0) is 6.42 Å². The average molecular weight is 341 g/mol. The molecule has 102 valence electrons. The molecule has 0 aliphatic carbocycles. The third kappa shape index (κ3) is 3.60. The second-order valence-electron chi connectivity index (χ2n) is 4.77. The summed E-state index contributed by atoms with van der Waals surface area (Å²) >= 11 is 4.97. The Kier molecular flexibility index (Phi) is 5.45. The predicted molar refractivity (Wildman–Crippen MR) is 87.2 cm³/mol. The number of halogens is 1. The molecule has 0 radical (unpaired) electrons. The van der Waals surface area contributed by atoms with Gasteiger partial charge in [0.05, 0.1) is 0 Å². The molecular formula is C14H18BBrO2S. The summed E-state index contributed by atoms with van der Waals surface area (Å²) in [6.07, 6.45) is 5.67. The molecule has 1 aromatic carbocycles. The van der Waals surface area contributed by atoms with Crippen molar-refractivity contribution < 1.29 is 10.0 Å². The largest absolute Gasteiger partial charge is 0.499 e. The van der Waals surface area contributed by atoms with E-state index in [0.29, 0.717) is 4.78 Å². The fourth-order valence-corrected chi connectivity index (χ4v) is 3.80. The highest BCUT2D eigenvalue weighted by Crippen LogP contribution is 2.28. The van der Waals surface area contributed by atoms with Crippen molar-refractivity contribution in [1.29, 1.82) is 0 Å². The first-order valence-corrected chi connectivity index (χ1v) is 8.31. The maximum absolute atomic E-state index is 9.53. The average Bonchev–Trinajstić information content (AvgIpc) is 2.73. The van der Waals surface area contributed by atoms with E-state index in [9.17, 15) is 10.0 Å². The van der Waals surface area contributed by atoms with Gasteiger partial charge in [-0.05, 0) is 42.0 Å². The van der Waals surface area contributed by atoms with Gasteiger partial charge in [0.25, 0.3) is 0 Å². The van der Waals surface area contributed by atoms with Gasteiger partial charge in [0.15, 0.2) is 0 Å². The van der Waals surface area contributed by atoms with E-state index in [1.165, 1.54) is 30.6 Å². The van der Waals surface area contributed by atoms with E-state index in [2.05, 4.69) is 28.9 Å². The van der Waals surface area contributed by atoms with Crippen LogP contribution in [0.2, 0.25) is 0 Å². The first kappa shape index (κ1) is 15.0. The number of hydrogen-bond acceptors (Lipinski definition) is 3. The van der Waals surface area contributed by atoms with Crippen molar-refractivity contribution in [3.05, 3.63) is 28.2 Å². The van der Waals surface area contributed by atoms with Gasteiger partial charge in [-0.2, -0.15) is 0 Å². The number of hydrogen-bond donors (Lipinski definition) is 2. The number of unbranched alkanes of at least 4 members (excludes halogenated alkanes) is 3. The van der Waals surface area contributed by atoms with E-state index in [-0.39, 0.29) is 0 Å². The normalized spacial score (nSPS) is 11.2. The van der Waals surface area contributed by atoms with Gasteiger partial charge in [0.2, 0.25) is 0 Å². The van der Waals surface area contributed by atoms with Gasteiger partial charge in [-0.15, -0.1) is 11.3 Å². The lowest BCUT2D eigenvalue weighted by molar-refractivity contribution is 0.426. The zero-order valence-corrected chi connectivity index (χ0v) is 13.4. The first-order valence-electron chi connectivity index (χ1n) is 6.70. The standard InChI is InChI=1S/C14H18BBrO2S/c1-2-3-4-5-6-11-12-9-10(16)7-8-13(12)19-14(11)15(17)18/h7-9,17-18H,2-6H2,1H3.